The van der Waals surface area contributed by atoms with Crippen molar-refractivity contribution in [1.82, 2.24) is 0 Å². The molecule has 4 nitrogen and oxygen atoms in total. The standard InChI is InChI=1S/C21H17Cl2NO3/c22-16-6-9-20(27-13-14-4-2-1-3-5-14)15(10-16)12-24-17-7-8-18(21(25)26)19(23)11-17/h1-11,24H,12-13H2,(H,25,26). The Balaban J connectivity index is 1.71. The largest absolute Gasteiger partial charge is 0.489 e. The van der Waals surface area contributed by atoms with Gasteiger partial charge in [0.25, 0.3) is 0 Å². The van der Waals surface area contributed by atoms with Gasteiger partial charge in [-0.05, 0) is 42.0 Å². The number of carbonyl (C=O) groups is 1. The topological polar surface area (TPSA) is 58.6 Å². The second-order valence-corrected chi connectivity index (χ2v) is 6.72. The van der Waals surface area contributed by atoms with E-state index >= 15 is 0 Å². The fourth-order valence-electron chi connectivity index (χ4n) is 2.56. The van der Waals surface area contributed by atoms with Crippen molar-refractivity contribution in [3.05, 3.63) is 93.5 Å². The van der Waals surface area contributed by atoms with E-state index in [9.17, 15) is 4.79 Å². The molecule has 0 aromatic heterocycles. The molecule has 6 heteroatoms. The molecule has 0 amide bonds. The maximum atomic E-state index is 11.0. The first-order chi connectivity index (χ1) is 13.0. The zero-order valence-corrected chi connectivity index (χ0v) is 15.8. The molecule has 27 heavy (non-hydrogen) atoms. The monoisotopic (exact) mass is 401 g/mol. The van der Waals surface area contributed by atoms with Crippen LogP contribution in [0.25, 0.3) is 0 Å². The van der Waals surface area contributed by atoms with Gasteiger partial charge in [0.05, 0.1) is 10.6 Å². The number of anilines is 1. The van der Waals surface area contributed by atoms with Gasteiger partial charge < -0.3 is 15.2 Å². The highest BCUT2D eigenvalue weighted by atomic mass is 35.5. The van der Waals surface area contributed by atoms with Crippen LogP contribution in [0.2, 0.25) is 10.0 Å². The van der Waals surface area contributed by atoms with Crippen LogP contribution < -0.4 is 10.1 Å². The zero-order chi connectivity index (χ0) is 19.2. The van der Waals surface area contributed by atoms with Crippen LogP contribution in [0.5, 0.6) is 5.75 Å². The Hall–Kier alpha value is -2.69. The molecular formula is C21H17Cl2NO3. The molecule has 3 aromatic carbocycles. The highest BCUT2D eigenvalue weighted by Gasteiger charge is 2.10. The van der Waals surface area contributed by atoms with Gasteiger partial charge in [0.15, 0.2) is 0 Å². The molecule has 0 spiro atoms. The van der Waals surface area contributed by atoms with Gasteiger partial charge >= 0.3 is 5.97 Å². The third-order valence-corrected chi connectivity index (χ3v) is 4.49. The molecule has 0 radical (unpaired) electrons. The molecule has 0 heterocycles. The number of carboxylic acids is 1. The van der Waals surface area contributed by atoms with E-state index in [1.807, 2.05) is 42.5 Å². The fourth-order valence-corrected chi connectivity index (χ4v) is 3.01. The number of aromatic carboxylic acids is 1. The van der Waals surface area contributed by atoms with Gasteiger partial charge in [-0.3, -0.25) is 0 Å². The second kappa shape index (κ2) is 8.80. The molecule has 3 aromatic rings. The van der Waals surface area contributed by atoms with Crippen LogP contribution >= 0.6 is 23.2 Å². The third-order valence-electron chi connectivity index (χ3n) is 3.94. The predicted molar refractivity (Wildman–Crippen MR) is 108 cm³/mol. The first kappa shape index (κ1) is 19.1. The molecule has 3 rings (SSSR count). The Morgan fingerprint density at radius 3 is 2.48 bits per heavy atom. The van der Waals surface area contributed by atoms with Crippen LogP contribution in [-0.4, -0.2) is 11.1 Å². The molecule has 0 aliphatic heterocycles. The number of ether oxygens (including phenoxy) is 1. The molecular weight excluding hydrogens is 385 g/mol. The Morgan fingerprint density at radius 1 is 1.00 bits per heavy atom. The number of nitrogens with one attached hydrogen (secondary N) is 1. The quantitative estimate of drug-likeness (QED) is 0.518. The SMILES string of the molecule is O=C(O)c1ccc(NCc2cc(Cl)ccc2OCc2ccccc2)cc1Cl. The van der Waals surface area contributed by atoms with Crippen LogP contribution in [-0.2, 0) is 13.2 Å². The van der Waals surface area contributed by atoms with Crippen molar-refractivity contribution in [3.63, 3.8) is 0 Å². The fraction of sp³-hybridized carbons (Fsp3) is 0.0952. The molecule has 0 saturated heterocycles. The summed E-state index contributed by atoms with van der Waals surface area (Å²) in [4.78, 5) is 11.0. The lowest BCUT2D eigenvalue weighted by Crippen LogP contribution is -2.05. The van der Waals surface area contributed by atoms with Gasteiger partial charge in [0.1, 0.15) is 12.4 Å². The first-order valence-electron chi connectivity index (χ1n) is 8.25. The summed E-state index contributed by atoms with van der Waals surface area (Å²) >= 11 is 12.1. The highest BCUT2D eigenvalue weighted by Crippen LogP contribution is 2.26. The summed E-state index contributed by atoms with van der Waals surface area (Å²) in [6.07, 6.45) is 0. The summed E-state index contributed by atoms with van der Waals surface area (Å²) in [7, 11) is 0. The molecule has 0 atom stereocenters. The number of hydrogen-bond acceptors (Lipinski definition) is 3. The van der Waals surface area contributed by atoms with Crippen molar-refractivity contribution >= 4 is 34.9 Å². The van der Waals surface area contributed by atoms with E-state index in [0.29, 0.717) is 23.9 Å². The molecule has 0 fully saturated rings. The molecule has 0 bridgehead atoms. The summed E-state index contributed by atoms with van der Waals surface area (Å²) in [5.41, 5.74) is 2.73. The van der Waals surface area contributed by atoms with Crippen molar-refractivity contribution in [2.45, 2.75) is 13.2 Å². The Labute approximate surface area is 167 Å². The molecule has 2 N–H and O–H groups in total. The predicted octanol–water partition coefficient (Wildman–Crippen LogP) is 5.88. The van der Waals surface area contributed by atoms with Crippen LogP contribution in [0.3, 0.4) is 0 Å². The minimum Gasteiger partial charge on any atom is -0.489 e. The minimum absolute atomic E-state index is 0.0665. The number of rotatable bonds is 7. The molecule has 138 valence electrons. The Kier molecular flexibility index (Phi) is 6.22. The average Bonchev–Trinajstić information content (AvgIpc) is 2.66. The second-order valence-electron chi connectivity index (χ2n) is 5.88. The van der Waals surface area contributed by atoms with E-state index in [1.54, 1.807) is 18.2 Å². The summed E-state index contributed by atoms with van der Waals surface area (Å²) in [6.45, 7) is 0.905. The maximum absolute atomic E-state index is 11.0. The van der Waals surface area contributed by atoms with Gasteiger partial charge in [-0.1, -0.05) is 53.5 Å². The van der Waals surface area contributed by atoms with Gasteiger partial charge in [0.2, 0.25) is 0 Å². The number of carboxylic acid groups (broad SMARTS) is 1. The van der Waals surface area contributed by atoms with Crippen molar-refractivity contribution in [1.29, 1.82) is 0 Å². The van der Waals surface area contributed by atoms with E-state index in [0.717, 1.165) is 16.9 Å². The summed E-state index contributed by atoms with van der Waals surface area (Å²) < 4.78 is 5.94. The smallest absolute Gasteiger partial charge is 0.337 e. The van der Waals surface area contributed by atoms with Gasteiger partial charge in [0, 0.05) is 22.8 Å². The lowest BCUT2D eigenvalue weighted by molar-refractivity contribution is 0.0697. The van der Waals surface area contributed by atoms with Gasteiger partial charge in [-0.15, -0.1) is 0 Å². The van der Waals surface area contributed by atoms with Crippen LogP contribution in [0.1, 0.15) is 21.5 Å². The van der Waals surface area contributed by atoms with Crippen LogP contribution in [0.4, 0.5) is 5.69 Å². The lowest BCUT2D eigenvalue weighted by Gasteiger charge is -2.14. The first-order valence-corrected chi connectivity index (χ1v) is 9.00. The van der Waals surface area contributed by atoms with E-state index in [-0.39, 0.29) is 10.6 Å². The number of halogens is 2. The van der Waals surface area contributed by atoms with E-state index in [4.69, 9.17) is 33.0 Å². The van der Waals surface area contributed by atoms with E-state index < -0.39 is 5.97 Å². The van der Waals surface area contributed by atoms with Crippen LogP contribution in [0.15, 0.2) is 66.7 Å². The molecule has 0 unspecified atom stereocenters. The van der Waals surface area contributed by atoms with E-state index in [1.165, 1.54) is 6.07 Å². The average molecular weight is 402 g/mol. The number of benzene rings is 3. The third kappa shape index (κ3) is 5.16. The summed E-state index contributed by atoms with van der Waals surface area (Å²) in [5.74, 6) is -0.331. The molecule has 0 saturated carbocycles. The Bertz CT molecular complexity index is 945. The number of hydrogen-bond donors (Lipinski definition) is 2. The van der Waals surface area contributed by atoms with Gasteiger partial charge in [-0.25, -0.2) is 4.79 Å². The minimum atomic E-state index is -1.06. The van der Waals surface area contributed by atoms with Crippen LogP contribution in [0, 0.1) is 0 Å². The molecule has 0 aliphatic rings. The van der Waals surface area contributed by atoms with E-state index in [2.05, 4.69) is 5.32 Å². The summed E-state index contributed by atoms with van der Waals surface area (Å²) in [5, 5.41) is 13.1. The highest BCUT2D eigenvalue weighted by molar-refractivity contribution is 6.33. The zero-order valence-electron chi connectivity index (χ0n) is 14.3. The summed E-state index contributed by atoms with van der Waals surface area (Å²) in [6, 6.07) is 20.1. The maximum Gasteiger partial charge on any atom is 0.337 e. The van der Waals surface area contributed by atoms with Gasteiger partial charge in [-0.2, -0.15) is 0 Å². The lowest BCUT2D eigenvalue weighted by atomic mass is 10.1. The normalized spacial score (nSPS) is 10.4. The van der Waals surface area contributed by atoms with Crippen molar-refractivity contribution in [3.8, 4) is 5.75 Å². The van der Waals surface area contributed by atoms with Crippen molar-refractivity contribution < 1.29 is 14.6 Å². The van der Waals surface area contributed by atoms with Crippen molar-refractivity contribution in [2.75, 3.05) is 5.32 Å². The molecule has 0 aliphatic carbocycles. The van der Waals surface area contributed by atoms with Crippen molar-refractivity contribution in [2.24, 2.45) is 0 Å². The Morgan fingerprint density at radius 2 is 1.78 bits per heavy atom.